The molecule has 3 aromatic rings. The zero-order valence-electron chi connectivity index (χ0n) is 14.3. The molecule has 1 fully saturated rings. The maximum atomic E-state index is 12.5. The first kappa shape index (κ1) is 16.8. The second-order valence-corrected chi connectivity index (χ2v) is 6.84. The second-order valence-electron chi connectivity index (χ2n) is 6.45. The molecule has 4 rings (SSSR count). The van der Waals surface area contributed by atoms with Crippen LogP contribution in [0.15, 0.2) is 48.7 Å². The van der Waals surface area contributed by atoms with Gasteiger partial charge in [-0.2, -0.15) is 0 Å². The number of anilines is 2. The molecular formula is C20H19ClN4O. The minimum absolute atomic E-state index is 0.172. The van der Waals surface area contributed by atoms with Gasteiger partial charge >= 0.3 is 0 Å². The number of piperidine rings is 1. The summed E-state index contributed by atoms with van der Waals surface area (Å²) in [6, 6.07) is 12.8. The average molecular weight is 367 g/mol. The molecule has 0 atom stereocenters. The molecule has 0 radical (unpaired) electrons. The van der Waals surface area contributed by atoms with Crippen LogP contribution in [-0.4, -0.2) is 29.0 Å². The SMILES string of the molecule is O=C(Nc1ccc(N2CCCCC2)nc1)c1ccc2nc(Cl)ccc2c1. The summed E-state index contributed by atoms with van der Waals surface area (Å²) in [5.74, 6) is 0.797. The summed E-state index contributed by atoms with van der Waals surface area (Å²) in [4.78, 5) is 23.5. The van der Waals surface area contributed by atoms with Crippen LogP contribution < -0.4 is 10.2 Å². The van der Waals surface area contributed by atoms with Crippen molar-refractivity contribution in [3.63, 3.8) is 0 Å². The average Bonchev–Trinajstić information content (AvgIpc) is 2.69. The summed E-state index contributed by atoms with van der Waals surface area (Å²) in [6.45, 7) is 2.10. The number of carbonyl (C=O) groups is 1. The van der Waals surface area contributed by atoms with Crippen LogP contribution in [0.1, 0.15) is 29.6 Å². The molecule has 0 saturated carbocycles. The van der Waals surface area contributed by atoms with Gasteiger partial charge in [0, 0.05) is 24.0 Å². The van der Waals surface area contributed by atoms with Gasteiger partial charge in [0.05, 0.1) is 17.4 Å². The summed E-state index contributed by atoms with van der Waals surface area (Å²) in [5.41, 5.74) is 2.02. The van der Waals surface area contributed by atoms with Crippen LogP contribution in [0.4, 0.5) is 11.5 Å². The first-order chi connectivity index (χ1) is 12.7. The lowest BCUT2D eigenvalue weighted by Crippen LogP contribution is -2.30. The molecule has 132 valence electrons. The molecule has 5 nitrogen and oxygen atoms in total. The quantitative estimate of drug-likeness (QED) is 0.692. The molecular weight excluding hydrogens is 348 g/mol. The van der Waals surface area contributed by atoms with Crippen LogP contribution in [0.3, 0.4) is 0 Å². The molecule has 0 spiro atoms. The summed E-state index contributed by atoms with van der Waals surface area (Å²) in [7, 11) is 0. The van der Waals surface area contributed by atoms with Crippen molar-refractivity contribution in [1.29, 1.82) is 0 Å². The third-order valence-electron chi connectivity index (χ3n) is 4.60. The van der Waals surface area contributed by atoms with Gasteiger partial charge in [0.2, 0.25) is 0 Å². The molecule has 1 amide bonds. The van der Waals surface area contributed by atoms with E-state index in [-0.39, 0.29) is 5.91 Å². The number of hydrogen-bond acceptors (Lipinski definition) is 4. The number of pyridine rings is 2. The van der Waals surface area contributed by atoms with Crippen LogP contribution in [0.2, 0.25) is 5.15 Å². The molecule has 0 bridgehead atoms. The van der Waals surface area contributed by atoms with Crippen molar-refractivity contribution in [3.05, 3.63) is 59.4 Å². The Hall–Kier alpha value is -2.66. The highest BCUT2D eigenvalue weighted by Gasteiger charge is 2.12. The van der Waals surface area contributed by atoms with E-state index in [1.807, 2.05) is 24.3 Å². The summed E-state index contributed by atoms with van der Waals surface area (Å²) < 4.78 is 0. The lowest BCUT2D eigenvalue weighted by molar-refractivity contribution is 0.102. The molecule has 1 saturated heterocycles. The van der Waals surface area contributed by atoms with Gasteiger partial charge in [-0.1, -0.05) is 11.6 Å². The van der Waals surface area contributed by atoms with Gasteiger partial charge in [0.25, 0.3) is 5.91 Å². The van der Waals surface area contributed by atoms with Crippen LogP contribution in [0.25, 0.3) is 10.9 Å². The van der Waals surface area contributed by atoms with Crippen molar-refractivity contribution in [2.75, 3.05) is 23.3 Å². The van der Waals surface area contributed by atoms with Crippen molar-refractivity contribution in [3.8, 4) is 0 Å². The Kier molecular flexibility index (Phi) is 4.71. The van der Waals surface area contributed by atoms with Gasteiger partial charge in [-0.05, 0) is 61.7 Å². The molecule has 1 aromatic carbocycles. The first-order valence-corrected chi connectivity index (χ1v) is 9.15. The van der Waals surface area contributed by atoms with Crippen molar-refractivity contribution >= 4 is 39.9 Å². The predicted molar refractivity (Wildman–Crippen MR) is 105 cm³/mol. The number of fused-ring (bicyclic) bond motifs is 1. The normalized spacial score (nSPS) is 14.4. The van der Waals surface area contributed by atoms with Gasteiger partial charge < -0.3 is 10.2 Å². The number of hydrogen-bond donors (Lipinski definition) is 1. The lowest BCUT2D eigenvalue weighted by atomic mass is 10.1. The smallest absolute Gasteiger partial charge is 0.255 e. The highest BCUT2D eigenvalue weighted by molar-refractivity contribution is 6.29. The number of nitrogens with zero attached hydrogens (tertiary/aromatic N) is 3. The van der Waals surface area contributed by atoms with Crippen LogP contribution in [0, 0.1) is 0 Å². The van der Waals surface area contributed by atoms with Gasteiger partial charge in [-0.15, -0.1) is 0 Å². The van der Waals surface area contributed by atoms with E-state index < -0.39 is 0 Å². The number of amides is 1. The highest BCUT2D eigenvalue weighted by Crippen LogP contribution is 2.20. The van der Waals surface area contributed by atoms with Crippen molar-refractivity contribution in [2.45, 2.75) is 19.3 Å². The fourth-order valence-corrected chi connectivity index (χ4v) is 3.37. The molecule has 0 unspecified atom stereocenters. The van der Waals surface area contributed by atoms with E-state index in [1.54, 1.807) is 24.4 Å². The Labute approximate surface area is 157 Å². The van der Waals surface area contributed by atoms with E-state index in [1.165, 1.54) is 19.3 Å². The van der Waals surface area contributed by atoms with E-state index in [9.17, 15) is 4.79 Å². The Bertz CT molecular complexity index is 936. The zero-order valence-corrected chi connectivity index (χ0v) is 15.0. The summed E-state index contributed by atoms with van der Waals surface area (Å²) in [6.07, 6.45) is 5.42. The molecule has 1 aliphatic heterocycles. The minimum atomic E-state index is -0.172. The van der Waals surface area contributed by atoms with E-state index in [2.05, 4.69) is 20.2 Å². The molecule has 26 heavy (non-hydrogen) atoms. The van der Waals surface area contributed by atoms with E-state index in [0.29, 0.717) is 16.4 Å². The van der Waals surface area contributed by atoms with Crippen molar-refractivity contribution < 1.29 is 4.79 Å². The third kappa shape index (κ3) is 3.63. The van der Waals surface area contributed by atoms with Crippen LogP contribution >= 0.6 is 11.6 Å². The van der Waals surface area contributed by atoms with Crippen LogP contribution in [-0.2, 0) is 0 Å². The van der Waals surface area contributed by atoms with E-state index in [0.717, 1.165) is 29.8 Å². The first-order valence-electron chi connectivity index (χ1n) is 8.78. The summed E-state index contributed by atoms with van der Waals surface area (Å²) >= 11 is 5.90. The predicted octanol–water partition coefficient (Wildman–Crippen LogP) is 4.53. The number of benzene rings is 1. The third-order valence-corrected chi connectivity index (χ3v) is 4.81. The number of aromatic nitrogens is 2. The monoisotopic (exact) mass is 366 g/mol. The number of halogens is 1. The zero-order chi connectivity index (χ0) is 17.9. The largest absolute Gasteiger partial charge is 0.357 e. The maximum absolute atomic E-state index is 12.5. The highest BCUT2D eigenvalue weighted by atomic mass is 35.5. The topological polar surface area (TPSA) is 58.1 Å². The molecule has 6 heteroatoms. The fourth-order valence-electron chi connectivity index (χ4n) is 3.22. The van der Waals surface area contributed by atoms with E-state index >= 15 is 0 Å². The number of carbonyl (C=O) groups excluding carboxylic acids is 1. The summed E-state index contributed by atoms with van der Waals surface area (Å²) in [5, 5.41) is 4.21. The van der Waals surface area contributed by atoms with Gasteiger partial charge in [-0.3, -0.25) is 4.79 Å². The Morgan fingerprint density at radius 2 is 1.88 bits per heavy atom. The molecule has 3 heterocycles. The second kappa shape index (κ2) is 7.30. The molecule has 1 N–H and O–H groups in total. The van der Waals surface area contributed by atoms with Gasteiger partial charge in [-0.25, -0.2) is 9.97 Å². The Balaban J connectivity index is 1.48. The maximum Gasteiger partial charge on any atom is 0.255 e. The van der Waals surface area contributed by atoms with Crippen molar-refractivity contribution in [2.24, 2.45) is 0 Å². The van der Waals surface area contributed by atoms with Crippen molar-refractivity contribution in [1.82, 2.24) is 9.97 Å². The number of rotatable bonds is 3. The Morgan fingerprint density at radius 3 is 2.65 bits per heavy atom. The standard InChI is InChI=1S/C20H19ClN4O/c21-18-8-5-14-12-15(4-7-17(14)24-18)20(26)23-16-6-9-19(22-13-16)25-10-2-1-3-11-25/h4-9,12-13H,1-3,10-11H2,(H,23,26). The number of nitrogens with one attached hydrogen (secondary N) is 1. The molecule has 0 aliphatic carbocycles. The minimum Gasteiger partial charge on any atom is -0.357 e. The van der Waals surface area contributed by atoms with Gasteiger partial charge in [0.1, 0.15) is 11.0 Å². The Morgan fingerprint density at radius 1 is 1.04 bits per heavy atom. The van der Waals surface area contributed by atoms with Crippen LogP contribution in [0.5, 0.6) is 0 Å². The molecule has 2 aromatic heterocycles. The van der Waals surface area contributed by atoms with Gasteiger partial charge in [0.15, 0.2) is 0 Å². The van der Waals surface area contributed by atoms with E-state index in [4.69, 9.17) is 11.6 Å². The fraction of sp³-hybridized carbons (Fsp3) is 0.250. The molecule has 1 aliphatic rings. The lowest BCUT2D eigenvalue weighted by Gasteiger charge is -2.27.